The monoisotopic (exact) mass is 370 g/mol. The molecular weight excluding hydrogens is 347 g/mol. The van der Waals surface area contributed by atoms with Gasteiger partial charge in [0.2, 0.25) is 5.91 Å². The number of carbonyl (C=O) groups excluding carboxylic acids is 2. The fraction of sp³-hybridized carbons (Fsp3) is 0.333. The fourth-order valence-electron chi connectivity index (χ4n) is 3.12. The lowest BCUT2D eigenvalue weighted by molar-refractivity contribution is -0.126. The summed E-state index contributed by atoms with van der Waals surface area (Å²) < 4.78 is 18.5. The Bertz CT molecular complexity index is 757. The van der Waals surface area contributed by atoms with Crippen LogP contribution in [-0.2, 0) is 4.79 Å². The number of carbonyl (C=O) groups is 2. The molecule has 3 rings (SSSR count). The second-order valence-corrected chi connectivity index (χ2v) is 6.53. The highest BCUT2D eigenvalue weighted by atomic mass is 19.1. The van der Waals surface area contributed by atoms with E-state index in [4.69, 9.17) is 4.74 Å². The van der Waals surface area contributed by atoms with E-state index < -0.39 is 0 Å². The minimum absolute atomic E-state index is 0.000503. The summed E-state index contributed by atoms with van der Waals surface area (Å²) in [7, 11) is 0. The van der Waals surface area contributed by atoms with Gasteiger partial charge in [-0.2, -0.15) is 0 Å². The molecule has 2 aromatic rings. The number of benzene rings is 2. The van der Waals surface area contributed by atoms with Gasteiger partial charge in [0.15, 0.2) is 0 Å². The third kappa shape index (κ3) is 5.29. The zero-order valence-corrected chi connectivity index (χ0v) is 15.1. The fourth-order valence-corrected chi connectivity index (χ4v) is 3.12. The quantitative estimate of drug-likeness (QED) is 0.796. The van der Waals surface area contributed by atoms with Gasteiger partial charge in [0.05, 0.1) is 6.54 Å². The molecule has 0 saturated carbocycles. The van der Waals surface area contributed by atoms with Crippen LogP contribution in [0.3, 0.4) is 0 Å². The summed E-state index contributed by atoms with van der Waals surface area (Å²) in [6, 6.07) is 15.0. The zero-order valence-electron chi connectivity index (χ0n) is 15.1. The lowest BCUT2D eigenvalue weighted by atomic mass is 9.95. The van der Waals surface area contributed by atoms with Gasteiger partial charge in [0.25, 0.3) is 5.91 Å². The number of hydrogen-bond donors (Lipinski definition) is 1. The Morgan fingerprint density at radius 2 is 1.70 bits per heavy atom. The van der Waals surface area contributed by atoms with E-state index in [0.29, 0.717) is 44.6 Å². The van der Waals surface area contributed by atoms with Gasteiger partial charge < -0.3 is 15.0 Å². The van der Waals surface area contributed by atoms with E-state index >= 15 is 0 Å². The first-order valence-electron chi connectivity index (χ1n) is 9.14. The molecule has 0 aromatic heterocycles. The molecule has 1 aliphatic rings. The maximum Gasteiger partial charge on any atom is 0.253 e. The van der Waals surface area contributed by atoms with E-state index in [9.17, 15) is 14.0 Å². The Morgan fingerprint density at radius 1 is 1.04 bits per heavy atom. The number of likely N-dealkylation sites (tertiary alicyclic amines) is 1. The molecule has 0 aliphatic carbocycles. The van der Waals surface area contributed by atoms with Gasteiger partial charge in [-0.15, -0.1) is 0 Å². The van der Waals surface area contributed by atoms with Crippen LogP contribution < -0.4 is 10.1 Å². The number of nitrogens with one attached hydrogen (secondary N) is 1. The van der Waals surface area contributed by atoms with E-state index in [2.05, 4.69) is 5.32 Å². The van der Waals surface area contributed by atoms with Crippen LogP contribution in [0.25, 0.3) is 0 Å². The summed E-state index contributed by atoms with van der Waals surface area (Å²) in [4.78, 5) is 26.4. The van der Waals surface area contributed by atoms with Crippen molar-refractivity contribution in [2.24, 2.45) is 5.92 Å². The highest BCUT2D eigenvalue weighted by molar-refractivity contribution is 5.94. The maximum atomic E-state index is 13.0. The van der Waals surface area contributed by atoms with Gasteiger partial charge >= 0.3 is 0 Å². The molecular formula is C21H23FN2O3. The second kappa shape index (κ2) is 9.16. The molecule has 6 heteroatoms. The molecule has 0 radical (unpaired) electrons. The first-order chi connectivity index (χ1) is 13.1. The lowest BCUT2D eigenvalue weighted by Gasteiger charge is -2.31. The summed E-state index contributed by atoms with van der Waals surface area (Å²) in [5.41, 5.74) is 0.470. The molecule has 0 unspecified atom stereocenters. The molecule has 142 valence electrons. The summed E-state index contributed by atoms with van der Waals surface area (Å²) in [5, 5.41) is 2.90. The van der Waals surface area contributed by atoms with Crippen molar-refractivity contribution in [1.82, 2.24) is 10.2 Å². The average Bonchev–Trinajstić information content (AvgIpc) is 2.72. The van der Waals surface area contributed by atoms with Crippen molar-refractivity contribution in [3.63, 3.8) is 0 Å². The van der Waals surface area contributed by atoms with E-state index in [0.717, 1.165) is 5.75 Å². The van der Waals surface area contributed by atoms with Gasteiger partial charge in [0.1, 0.15) is 18.2 Å². The highest BCUT2D eigenvalue weighted by Gasteiger charge is 2.27. The maximum absolute atomic E-state index is 13.0. The molecule has 1 fully saturated rings. The number of ether oxygens (including phenoxy) is 1. The van der Waals surface area contributed by atoms with Crippen molar-refractivity contribution in [3.8, 4) is 5.75 Å². The van der Waals surface area contributed by atoms with Crippen LogP contribution in [0.2, 0.25) is 0 Å². The summed E-state index contributed by atoms with van der Waals surface area (Å²) in [6.45, 7) is 1.91. The number of para-hydroxylation sites is 1. The molecule has 2 aromatic carbocycles. The van der Waals surface area contributed by atoms with Crippen LogP contribution in [0.5, 0.6) is 5.75 Å². The molecule has 0 atom stereocenters. The van der Waals surface area contributed by atoms with Gasteiger partial charge in [-0.25, -0.2) is 4.39 Å². The first-order valence-corrected chi connectivity index (χ1v) is 9.14. The third-order valence-corrected chi connectivity index (χ3v) is 4.66. The van der Waals surface area contributed by atoms with Crippen LogP contribution in [-0.4, -0.2) is 43.0 Å². The van der Waals surface area contributed by atoms with Gasteiger partial charge in [-0.1, -0.05) is 18.2 Å². The normalized spacial score (nSPS) is 14.6. The Labute approximate surface area is 158 Å². The van der Waals surface area contributed by atoms with Gasteiger partial charge in [-0.3, -0.25) is 9.59 Å². The van der Waals surface area contributed by atoms with Crippen molar-refractivity contribution in [3.05, 3.63) is 66.0 Å². The van der Waals surface area contributed by atoms with Crippen molar-refractivity contribution >= 4 is 11.8 Å². The van der Waals surface area contributed by atoms with Crippen molar-refractivity contribution in [1.29, 1.82) is 0 Å². The number of halogens is 1. The van der Waals surface area contributed by atoms with E-state index in [1.165, 1.54) is 24.3 Å². The number of hydrogen-bond acceptors (Lipinski definition) is 3. The molecule has 5 nitrogen and oxygen atoms in total. The predicted octanol–water partition coefficient (Wildman–Crippen LogP) is 2.87. The number of piperidine rings is 1. The third-order valence-electron chi connectivity index (χ3n) is 4.66. The standard InChI is InChI=1S/C21H23FN2O3/c22-18-8-6-17(7-9-18)21(26)24-13-10-16(11-14-24)20(25)23-12-15-27-19-4-2-1-3-5-19/h1-9,16H,10-15H2,(H,23,25). The number of nitrogens with zero attached hydrogens (tertiary/aromatic N) is 1. The van der Waals surface area contributed by atoms with Crippen LogP contribution in [0.15, 0.2) is 54.6 Å². The van der Waals surface area contributed by atoms with E-state index in [-0.39, 0.29) is 23.5 Å². The zero-order chi connectivity index (χ0) is 19.1. The van der Waals surface area contributed by atoms with Crippen molar-refractivity contribution < 1.29 is 18.7 Å². The Hall–Kier alpha value is -2.89. The molecule has 1 heterocycles. The minimum atomic E-state index is -0.363. The predicted molar refractivity (Wildman–Crippen MR) is 100.0 cm³/mol. The van der Waals surface area contributed by atoms with Crippen LogP contribution in [0, 0.1) is 11.7 Å². The Kier molecular flexibility index (Phi) is 6.41. The number of rotatable bonds is 6. The minimum Gasteiger partial charge on any atom is -0.492 e. The van der Waals surface area contributed by atoms with E-state index in [1.54, 1.807) is 4.90 Å². The summed E-state index contributed by atoms with van der Waals surface area (Å²) in [5.74, 6) is 0.196. The molecule has 1 N–H and O–H groups in total. The molecule has 1 aliphatic heterocycles. The Balaban J connectivity index is 1.38. The van der Waals surface area contributed by atoms with Gasteiger partial charge in [0, 0.05) is 24.6 Å². The SMILES string of the molecule is O=C(NCCOc1ccccc1)C1CCN(C(=O)c2ccc(F)cc2)CC1. The largest absolute Gasteiger partial charge is 0.492 e. The van der Waals surface area contributed by atoms with Crippen molar-refractivity contribution in [2.75, 3.05) is 26.2 Å². The van der Waals surface area contributed by atoms with Gasteiger partial charge in [-0.05, 0) is 49.2 Å². The molecule has 0 spiro atoms. The molecule has 0 bridgehead atoms. The Morgan fingerprint density at radius 3 is 2.37 bits per heavy atom. The lowest BCUT2D eigenvalue weighted by Crippen LogP contribution is -2.43. The smallest absolute Gasteiger partial charge is 0.253 e. The molecule has 27 heavy (non-hydrogen) atoms. The topological polar surface area (TPSA) is 58.6 Å². The number of amides is 2. The van der Waals surface area contributed by atoms with Crippen molar-refractivity contribution in [2.45, 2.75) is 12.8 Å². The molecule has 1 saturated heterocycles. The highest BCUT2D eigenvalue weighted by Crippen LogP contribution is 2.19. The first kappa shape index (κ1) is 18.9. The van der Waals surface area contributed by atoms with Crippen LogP contribution >= 0.6 is 0 Å². The summed E-state index contributed by atoms with van der Waals surface area (Å²) in [6.07, 6.45) is 1.25. The van der Waals surface area contributed by atoms with E-state index in [1.807, 2.05) is 30.3 Å². The average molecular weight is 370 g/mol. The van der Waals surface area contributed by atoms with Crippen LogP contribution in [0.4, 0.5) is 4.39 Å². The van der Waals surface area contributed by atoms with Crippen LogP contribution in [0.1, 0.15) is 23.2 Å². The second-order valence-electron chi connectivity index (χ2n) is 6.53. The summed E-state index contributed by atoms with van der Waals surface area (Å²) >= 11 is 0. The molecule has 2 amide bonds.